The summed E-state index contributed by atoms with van der Waals surface area (Å²) in [6.07, 6.45) is 6.48. The maximum Gasteiger partial charge on any atom is 0.142 e. The summed E-state index contributed by atoms with van der Waals surface area (Å²) in [5, 5.41) is 0. The maximum atomic E-state index is 5.98. The summed E-state index contributed by atoms with van der Waals surface area (Å²) in [6, 6.07) is 5.95. The third kappa shape index (κ3) is 4.68. The Balaban J connectivity index is 2.39. The van der Waals surface area contributed by atoms with Gasteiger partial charge in [-0.3, -0.25) is 0 Å². The van der Waals surface area contributed by atoms with Crippen molar-refractivity contribution >= 4 is 5.69 Å². The second-order valence-electron chi connectivity index (χ2n) is 4.76. The largest absolute Gasteiger partial charge is 0.489 e. The Bertz CT molecular complexity index is 336. The highest BCUT2D eigenvalue weighted by Gasteiger charge is 2.07. The Kier molecular flexibility index (Phi) is 5.88. The molecule has 0 spiro atoms. The van der Waals surface area contributed by atoms with Gasteiger partial charge < -0.3 is 10.5 Å². The lowest BCUT2D eigenvalue weighted by molar-refractivity contribution is 0.207. The number of hydrogen-bond donors (Lipinski definition) is 1. The van der Waals surface area contributed by atoms with Gasteiger partial charge in [0.25, 0.3) is 0 Å². The molecule has 2 heteroatoms. The van der Waals surface area contributed by atoms with Gasteiger partial charge in [0.05, 0.1) is 11.8 Å². The lowest BCUT2D eigenvalue weighted by Crippen LogP contribution is -2.12. The van der Waals surface area contributed by atoms with E-state index in [-0.39, 0.29) is 6.10 Å². The number of anilines is 1. The Labute approximate surface area is 105 Å². The van der Waals surface area contributed by atoms with Crippen molar-refractivity contribution in [3.63, 3.8) is 0 Å². The highest BCUT2D eigenvalue weighted by Crippen LogP contribution is 2.26. The topological polar surface area (TPSA) is 35.2 Å². The summed E-state index contributed by atoms with van der Waals surface area (Å²) in [4.78, 5) is 0. The zero-order chi connectivity index (χ0) is 12.7. The second kappa shape index (κ2) is 7.21. The molecule has 1 atom stereocenters. The average Bonchev–Trinajstić information content (AvgIpc) is 2.31. The van der Waals surface area contributed by atoms with Gasteiger partial charge >= 0.3 is 0 Å². The molecule has 0 amide bonds. The van der Waals surface area contributed by atoms with Crippen molar-refractivity contribution < 1.29 is 4.74 Å². The smallest absolute Gasteiger partial charge is 0.142 e. The second-order valence-corrected chi connectivity index (χ2v) is 4.76. The van der Waals surface area contributed by atoms with Crippen LogP contribution in [0.3, 0.4) is 0 Å². The fourth-order valence-corrected chi connectivity index (χ4v) is 1.89. The van der Waals surface area contributed by atoms with E-state index in [0.29, 0.717) is 0 Å². The number of ether oxygens (including phenoxy) is 1. The summed E-state index contributed by atoms with van der Waals surface area (Å²) in [5.74, 6) is 0.827. The monoisotopic (exact) mass is 235 g/mol. The molecule has 0 saturated carbocycles. The lowest BCUT2D eigenvalue weighted by atomic mass is 10.1. The fraction of sp³-hybridized carbons (Fsp3) is 0.600. The van der Waals surface area contributed by atoms with E-state index >= 15 is 0 Å². The van der Waals surface area contributed by atoms with Crippen LogP contribution in [-0.4, -0.2) is 6.10 Å². The average molecular weight is 235 g/mol. The molecule has 1 aromatic rings. The van der Waals surface area contributed by atoms with E-state index in [4.69, 9.17) is 10.5 Å². The van der Waals surface area contributed by atoms with E-state index in [9.17, 15) is 0 Å². The van der Waals surface area contributed by atoms with Crippen LogP contribution in [0.2, 0.25) is 0 Å². The van der Waals surface area contributed by atoms with Crippen molar-refractivity contribution in [2.24, 2.45) is 0 Å². The first kappa shape index (κ1) is 13.9. The van der Waals surface area contributed by atoms with Gasteiger partial charge in [0.1, 0.15) is 5.75 Å². The molecule has 1 rings (SSSR count). The molecule has 1 unspecified atom stereocenters. The number of hydrogen-bond acceptors (Lipinski definition) is 2. The molecule has 0 saturated heterocycles. The van der Waals surface area contributed by atoms with Crippen LogP contribution >= 0.6 is 0 Å². The number of unbranched alkanes of at least 4 members (excludes halogenated alkanes) is 3. The van der Waals surface area contributed by atoms with Crippen LogP contribution in [0.25, 0.3) is 0 Å². The SMILES string of the molecule is CCCCCCC(C)Oc1cccc(C)c1N. The number of aryl methyl sites for hydroxylation is 1. The highest BCUT2D eigenvalue weighted by atomic mass is 16.5. The summed E-state index contributed by atoms with van der Waals surface area (Å²) >= 11 is 0. The summed E-state index contributed by atoms with van der Waals surface area (Å²) < 4.78 is 5.88. The number of para-hydroxylation sites is 1. The predicted octanol–water partition coefficient (Wildman–Crippen LogP) is 4.31. The van der Waals surface area contributed by atoms with E-state index in [0.717, 1.165) is 23.4 Å². The van der Waals surface area contributed by atoms with E-state index in [2.05, 4.69) is 13.8 Å². The Morgan fingerprint density at radius 2 is 2.00 bits per heavy atom. The number of nitrogens with two attached hydrogens (primary N) is 1. The van der Waals surface area contributed by atoms with Gasteiger partial charge in [0.2, 0.25) is 0 Å². The highest BCUT2D eigenvalue weighted by molar-refractivity contribution is 5.57. The van der Waals surface area contributed by atoms with E-state index in [1.165, 1.54) is 25.7 Å². The molecule has 0 radical (unpaired) electrons. The van der Waals surface area contributed by atoms with Gasteiger partial charge in [0, 0.05) is 0 Å². The van der Waals surface area contributed by atoms with Crippen LogP contribution in [0, 0.1) is 6.92 Å². The zero-order valence-electron chi connectivity index (χ0n) is 11.3. The van der Waals surface area contributed by atoms with E-state index in [1.807, 2.05) is 25.1 Å². The van der Waals surface area contributed by atoms with E-state index < -0.39 is 0 Å². The molecular weight excluding hydrogens is 210 g/mol. The molecule has 0 aliphatic carbocycles. The molecule has 96 valence electrons. The minimum absolute atomic E-state index is 0.246. The standard InChI is InChI=1S/C15H25NO/c1-4-5-6-7-10-13(3)17-14-11-8-9-12(2)15(14)16/h8-9,11,13H,4-7,10,16H2,1-3H3. The summed E-state index contributed by atoms with van der Waals surface area (Å²) in [6.45, 7) is 6.36. The third-order valence-electron chi connectivity index (χ3n) is 3.08. The molecule has 0 aromatic heterocycles. The molecule has 0 aliphatic rings. The number of nitrogen functional groups attached to an aromatic ring is 1. The summed E-state index contributed by atoms with van der Waals surface area (Å²) in [5.41, 5.74) is 7.84. The van der Waals surface area contributed by atoms with Gasteiger partial charge in [-0.05, 0) is 38.3 Å². The van der Waals surface area contributed by atoms with Crippen molar-refractivity contribution in [1.29, 1.82) is 0 Å². The molecule has 0 heterocycles. The van der Waals surface area contributed by atoms with Gasteiger partial charge in [-0.2, -0.15) is 0 Å². The molecule has 0 aliphatic heterocycles. The minimum atomic E-state index is 0.246. The van der Waals surface area contributed by atoms with Crippen LogP contribution in [0.1, 0.15) is 51.5 Å². The van der Waals surface area contributed by atoms with Crippen molar-refractivity contribution in [1.82, 2.24) is 0 Å². The Hall–Kier alpha value is -1.18. The quantitative estimate of drug-likeness (QED) is 0.564. The lowest BCUT2D eigenvalue weighted by Gasteiger charge is -2.16. The Morgan fingerprint density at radius 1 is 1.24 bits per heavy atom. The van der Waals surface area contributed by atoms with Gasteiger partial charge in [-0.25, -0.2) is 0 Å². The first-order valence-electron chi connectivity index (χ1n) is 6.67. The molecular formula is C15H25NO. The van der Waals surface area contributed by atoms with Gasteiger partial charge in [0.15, 0.2) is 0 Å². The number of rotatable bonds is 7. The van der Waals surface area contributed by atoms with Crippen LogP contribution in [-0.2, 0) is 0 Å². The van der Waals surface area contributed by atoms with Crippen molar-refractivity contribution in [3.05, 3.63) is 23.8 Å². The van der Waals surface area contributed by atoms with Crippen LogP contribution in [0.15, 0.2) is 18.2 Å². The van der Waals surface area contributed by atoms with Crippen molar-refractivity contribution in [2.75, 3.05) is 5.73 Å². The number of benzene rings is 1. The first-order chi connectivity index (χ1) is 8.15. The molecule has 1 aromatic carbocycles. The summed E-state index contributed by atoms with van der Waals surface area (Å²) in [7, 11) is 0. The zero-order valence-corrected chi connectivity index (χ0v) is 11.3. The fourth-order valence-electron chi connectivity index (χ4n) is 1.89. The van der Waals surface area contributed by atoms with Gasteiger partial charge in [-0.15, -0.1) is 0 Å². The van der Waals surface area contributed by atoms with Crippen LogP contribution < -0.4 is 10.5 Å². The van der Waals surface area contributed by atoms with E-state index in [1.54, 1.807) is 0 Å². The molecule has 0 bridgehead atoms. The molecule has 0 fully saturated rings. The van der Waals surface area contributed by atoms with Crippen LogP contribution in [0.4, 0.5) is 5.69 Å². The molecule has 17 heavy (non-hydrogen) atoms. The van der Waals surface area contributed by atoms with Gasteiger partial charge in [-0.1, -0.05) is 38.3 Å². The van der Waals surface area contributed by atoms with Crippen molar-refractivity contribution in [2.45, 2.75) is 59.0 Å². The Morgan fingerprint density at radius 3 is 2.71 bits per heavy atom. The predicted molar refractivity (Wildman–Crippen MR) is 74.4 cm³/mol. The van der Waals surface area contributed by atoms with Crippen molar-refractivity contribution in [3.8, 4) is 5.75 Å². The minimum Gasteiger partial charge on any atom is -0.489 e. The third-order valence-corrected chi connectivity index (χ3v) is 3.08. The first-order valence-corrected chi connectivity index (χ1v) is 6.67. The molecule has 2 nitrogen and oxygen atoms in total. The normalized spacial score (nSPS) is 12.4. The molecule has 2 N–H and O–H groups in total. The maximum absolute atomic E-state index is 5.98. The van der Waals surface area contributed by atoms with Crippen LogP contribution in [0.5, 0.6) is 5.75 Å².